The van der Waals surface area contributed by atoms with Crippen LogP contribution in [0.15, 0.2) is 18.2 Å². The van der Waals surface area contributed by atoms with Crippen molar-refractivity contribution in [3.63, 3.8) is 0 Å². The number of aryl methyl sites for hydroxylation is 1. The van der Waals surface area contributed by atoms with Gasteiger partial charge in [0.05, 0.1) is 16.8 Å². The van der Waals surface area contributed by atoms with Crippen LogP contribution in [-0.2, 0) is 27.4 Å². The fourth-order valence-electron chi connectivity index (χ4n) is 4.30. The summed E-state index contributed by atoms with van der Waals surface area (Å²) in [6, 6.07) is 3.35. The standard InChI is InChI=1S/C18H22ClF3N2O3S/c1-28(26,27)24-13-4-5-14(24)10-12(9-13)23-17(25)7-3-11-2-6-16(19)15(8-11)18(20,21)22/h2,6,8,12-14H,3-5,7,9-10H2,1H3,(H,23,25). The minimum atomic E-state index is -4.54. The van der Waals surface area contributed by atoms with E-state index in [-0.39, 0.29) is 41.9 Å². The summed E-state index contributed by atoms with van der Waals surface area (Å²) < 4.78 is 64.1. The Morgan fingerprint density at radius 2 is 1.86 bits per heavy atom. The summed E-state index contributed by atoms with van der Waals surface area (Å²) in [6.45, 7) is 0. The van der Waals surface area contributed by atoms with E-state index in [1.807, 2.05) is 0 Å². The van der Waals surface area contributed by atoms with Crippen molar-refractivity contribution in [2.75, 3.05) is 6.26 Å². The molecule has 0 aromatic heterocycles. The molecule has 0 spiro atoms. The van der Waals surface area contributed by atoms with E-state index in [1.54, 1.807) is 4.31 Å². The van der Waals surface area contributed by atoms with Gasteiger partial charge in [-0.05, 0) is 49.8 Å². The lowest BCUT2D eigenvalue weighted by Gasteiger charge is -2.37. The first-order valence-electron chi connectivity index (χ1n) is 9.08. The van der Waals surface area contributed by atoms with Crippen molar-refractivity contribution >= 4 is 27.5 Å². The van der Waals surface area contributed by atoms with Gasteiger partial charge in [-0.2, -0.15) is 17.5 Å². The Kier molecular flexibility index (Phi) is 5.99. The number of fused-ring (bicyclic) bond motifs is 2. The van der Waals surface area contributed by atoms with Crippen molar-refractivity contribution in [3.05, 3.63) is 34.3 Å². The molecule has 1 aromatic carbocycles. The second kappa shape index (κ2) is 7.84. The first-order chi connectivity index (χ1) is 12.9. The molecule has 1 aromatic rings. The van der Waals surface area contributed by atoms with Crippen LogP contribution >= 0.6 is 11.6 Å². The zero-order valence-corrected chi connectivity index (χ0v) is 16.9. The molecule has 2 fully saturated rings. The summed E-state index contributed by atoms with van der Waals surface area (Å²) in [7, 11) is -3.26. The van der Waals surface area contributed by atoms with Crippen molar-refractivity contribution < 1.29 is 26.4 Å². The highest BCUT2D eigenvalue weighted by Crippen LogP contribution is 2.38. The largest absolute Gasteiger partial charge is 0.417 e. The van der Waals surface area contributed by atoms with E-state index in [4.69, 9.17) is 11.6 Å². The third kappa shape index (κ3) is 4.80. The number of hydrogen-bond donors (Lipinski definition) is 1. The van der Waals surface area contributed by atoms with Crippen LogP contribution in [0.4, 0.5) is 13.2 Å². The summed E-state index contributed by atoms with van der Waals surface area (Å²) in [5, 5.41) is 2.54. The molecule has 2 saturated heterocycles. The number of carbonyl (C=O) groups is 1. The molecule has 2 heterocycles. The number of amides is 1. The van der Waals surface area contributed by atoms with Crippen LogP contribution in [0.5, 0.6) is 0 Å². The van der Waals surface area contributed by atoms with E-state index in [0.29, 0.717) is 18.4 Å². The zero-order chi connectivity index (χ0) is 20.7. The van der Waals surface area contributed by atoms with E-state index < -0.39 is 21.8 Å². The maximum atomic E-state index is 12.9. The van der Waals surface area contributed by atoms with Gasteiger partial charge >= 0.3 is 6.18 Å². The molecular weight excluding hydrogens is 417 g/mol. The summed E-state index contributed by atoms with van der Waals surface area (Å²) in [4.78, 5) is 12.3. The summed E-state index contributed by atoms with van der Waals surface area (Å²) in [5.41, 5.74) is -0.518. The molecule has 3 rings (SSSR count). The Balaban J connectivity index is 1.55. The minimum Gasteiger partial charge on any atom is -0.353 e. The van der Waals surface area contributed by atoms with Gasteiger partial charge in [0.15, 0.2) is 0 Å². The lowest BCUT2D eigenvalue weighted by atomic mass is 9.99. The molecule has 2 aliphatic heterocycles. The number of nitrogens with one attached hydrogen (secondary N) is 1. The SMILES string of the molecule is CS(=O)(=O)N1C2CCC1CC(NC(=O)CCc1ccc(Cl)c(C(F)(F)F)c1)C2. The Labute approximate surface area is 167 Å². The van der Waals surface area contributed by atoms with E-state index in [1.165, 1.54) is 18.4 Å². The number of benzene rings is 1. The Morgan fingerprint density at radius 3 is 2.39 bits per heavy atom. The molecule has 10 heteroatoms. The van der Waals surface area contributed by atoms with Gasteiger partial charge < -0.3 is 5.32 Å². The number of hydrogen-bond acceptors (Lipinski definition) is 3. The molecule has 2 bridgehead atoms. The van der Waals surface area contributed by atoms with Gasteiger partial charge in [0.25, 0.3) is 0 Å². The van der Waals surface area contributed by atoms with E-state index in [0.717, 1.165) is 18.9 Å². The van der Waals surface area contributed by atoms with Gasteiger partial charge in [0.1, 0.15) is 0 Å². The van der Waals surface area contributed by atoms with Crippen LogP contribution < -0.4 is 5.32 Å². The number of carbonyl (C=O) groups excluding carboxylic acids is 1. The maximum absolute atomic E-state index is 12.9. The van der Waals surface area contributed by atoms with Crippen molar-refractivity contribution in [1.82, 2.24) is 9.62 Å². The predicted octanol–water partition coefficient (Wildman–Crippen LogP) is 3.36. The molecule has 156 valence electrons. The van der Waals surface area contributed by atoms with Crippen LogP contribution in [-0.4, -0.2) is 43.0 Å². The van der Waals surface area contributed by atoms with Crippen LogP contribution in [0.1, 0.15) is 43.2 Å². The van der Waals surface area contributed by atoms with Gasteiger partial charge in [0, 0.05) is 24.5 Å². The van der Waals surface area contributed by atoms with Crippen molar-refractivity contribution in [2.45, 2.75) is 62.8 Å². The van der Waals surface area contributed by atoms with Gasteiger partial charge in [-0.3, -0.25) is 4.79 Å². The molecule has 2 unspecified atom stereocenters. The van der Waals surface area contributed by atoms with Crippen LogP contribution in [0.3, 0.4) is 0 Å². The van der Waals surface area contributed by atoms with Gasteiger partial charge in [-0.25, -0.2) is 8.42 Å². The number of sulfonamides is 1. The monoisotopic (exact) mass is 438 g/mol. The molecule has 1 N–H and O–H groups in total. The number of piperidine rings is 1. The second-order valence-electron chi connectivity index (χ2n) is 7.53. The molecule has 28 heavy (non-hydrogen) atoms. The van der Waals surface area contributed by atoms with Crippen LogP contribution in [0.2, 0.25) is 5.02 Å². The molecule has 0 aliphatic carbocycles. The Hall–Kier alpha value is -1.32. The first kappa shape index (κ1) is 21.4. The van der Waals surface area contributed by atoms with E-state index in [9.17, 15) is 26.4 Å². The quantitative estimate of drug-likeness (QED) is 0.766. The van der Waals surface area contributed by atoms with Crippen LogP contribution in [0, 0.1) is 0 Å². The lowest BCUT2D eigenvalue weighted by Crippen LogP contribution is -2.52. The van der Waals surface area contributed by atoms with Crippen LogP contribution in [0.25, 0.3) is 0 Å². The molecule has 0 saturated carbocycles. The molecular formula is C18H22ClF3N2O3S. The molecule has 2 aliphatic rings. The fourth-order valence-corrected chi connectivity index (χ4v) is 5.99. The summed E-state index contributed by atoms with van der Waals surface area (Å²) in [5.74, 6) is -0.249. The number of alkyl halides is 3. The summed E-state index contributed by atoms with van der Waals surface area (Å²) >= 11 is 5.60. The van der Waals surface area contributed by atoms with Gasteiger partial charge in [0.2, 0.25) is 15.9 Å². The number of rotatable bonds is 5. The predicted molar refractivity (Wildman–Crippen MR) is 99.4 cm³/mol. The smallest absolute Gasteiger partial charge is 0.353 e. The lowest BCUT2D eigenvalue weighted by molar-refractivity contribution is -0.137. The number of halogens is 4. The first-order valence-corrected chi connectivity index (χ1v) is 11.3. The Morgan fingerprint density at radius 1 is 1.25 bits per heavy atom. The number of nitrogens with zero attached hydrogens (tertiary/aromatic N) is 1. The van der Waals surface area contributed by atoms with Gasteiger partial charge in [-0.15, -0.1) is 0 Å². The van der Waals surface area contributed by atoms with Crippen molar-refractivity contribution in [3.8, 4) is 0 Å². The Bertz CT molecular complexity index is 846. The van der Waals surface area contributed by atoms with Gasteiger partial charge in [-0.1, -0.05) is 17.7 Å². The molecule has 0 radical (unpaired) electrons. The highest BCUT2D eigenvalue weighted by atomic mass is 35.5. The molecule has 5 nitrogen and oxygen atoms in total. The van der Waals surface area contributed by atoms with Crippen molar-refractivity contribution in [1.29, 1.82) is 0 Å². The minimum absolute atomic E-state index is 0.0561. The average molecular weight is 439 g/mol. The second-order valence-corrected chi connectivity index (χ2v) is 9.82. The third-order valence-corrected chi connectivity index (χ3v) is 7.08. The molecule has 1 amide bonds. The normalized spacial score (nSPS) is 25.7. The third-order valence-electron chi connectivity index (χ3n) is 5.39. The fraction of sp³-hybridized carbons (Fsp3) is 0.611. The highest BCUT2D eigenvalue weighted by molar-refractivity contribution is 7.88. The molecule has 2 atom stereocenters. The average Bonchev–Trinajstić information content (AvgIpc) is 2.85. The highest BCUT2D eigenvalue weighted by Gasteiger charge is 2.45. The topological polar surface area (TPSA) is 66.5 Å². The van der Waals surface area contributed by atoms with E-state index in [2.05, 4.69) is 5.32 Å². The zero-order valence-electron chi connectivity index (χ0n) is 15.3. The summed E-state index contributed by atoms with van der Waals surface area (Å²) in [6.07, 6.45) is -0.407. The van der Waals surface area contributed by atoms with Crippen molar-refractivity contribution in [2.24, 2.45) is 0 Å². The maximum Gasteiger partial charge on any atom is 0.417 e. The van der Waals surface area contributed by atoms with E-state index >= 15 is 0 Å².